The molecule has 1 aliphatic heterocycles. The number of aryl methyl sites for hydroxylation is 2. The smallest absolute Gasteiger partial charge is 0.226 e. The average Bonchev–Trinajstić information content (AvgIpc) is 3.06. The van der Waals surface area contributed by atoms with Gasteiger partial charge in [0.2, 0.25) is 5.89 Å². The molecule has 1 aromatic carbocycles. The van der Waals surface area contributed by atoms with Gasteiger partial charge in [0.05, 0.1) is 12.3 Å². The van der Waals surface area contributed by atoms with Gasteiger partial charge in [0.15, 0.2) is 0 Å². The molecule has 0 spiro atoms. The first-order chi connectivity index (χ1) is 12.2. The molecule has 136 valence electrons. The summed E-state index contributed by atoms with van der Waals surface area (Å²) in [5.41, 5.74) is 4.25. The number of alkyl halides is 1. The SMILES string of the molecule is Cc1cc(-c2nc(CC3CCCNC3)co2)cc(C)c1OCCCCl. The van der Waals surface area contributed by atoms with Crippen LogP contribution in [0.2, 0.25) is 0 Å². The molecule has 1 atom stereocenters. The first-order valence-corrected chi connectivity index (χ1v) is 9.66. The highest BCUT2D eigenvalue weighted by Gasteiger charge is 2.17. The Hall–Kier alpha value is -1.52. The monoisotopic (exact) mass is 362 g/mol. The lowest BCUT2D eigenvalue weighted by Gasteiger charge is -2.21. The highest BCUT2D eigenvalue weighted by molar-refractivity contribution is 6.17. The Morgan fingerprint density at radius 1 is 1.32 bits per heavy atom. The van der Waals surface area contributed by atoms with Crippen LogP contribution in [0, 0.1) is 19.8 Å². The molecule has 1 aromatic heterocycles. The average molecular weight is 363 g/mol. The number of nitrogens with zero attached hydrogens (tertiary/aromatic N) is 1. The van der Waals surface area contributed by atoms with Gasteiger partial charge in [-0.25, -0.2) is 4.98 Å². The largest absolute Gasteiger partial charge is 0.493 e. The normalized spacial score (nSPS) is 17.6. The maximum absolute atomic E-state index is 5.86. The molecule has 1 aliphatic rings. The minimum atomic E-state index is 0.617. The summed E-state index contributed by atoms with van der Waals surface area (Å²) >= 11 is 5.72. The molecule has 1 N–H and O–H groups in total. The summed E-state index contributed by atoms with van der Waals surface area (Å²) in [4.78, 5) is 4.71. The first-order valence-electron chi connectivity index (χ1n) is 9.13. The molecule has 0 amide bonds. The number of hydrogen-bond donors (Lipinski definition) is 1. The molecular weight excluding hydrogens is 336 g/mol. The topological polar surface area (TPSA) is 47.3 Å². The van der Waals surface area contributed by atoms with Crippen molar-refractivity contribution in [3.8, 4) is 17.2 Å². The maximum Gasteiger partial charge on any atom is 0.226 e. The lowest BCUT2D eigenvalue weighted by molar-refractivity contribution is 0.314. The zero-order valence-corrected chi connectivity index (χ0v) is 15.9. The number of oxazole rings is 1. The minimum Gasteiger partial charge on any atom is -0.493 e. The van der Waals surface area contributed by atoms with Gasteiger partial charge in [0.25, 0.3) is 0 Å². The summed E-state index contributed by atoms with van der Waals surface area (Å²) in [5.74, 6) is 2.91. The van der Waals surface area contributed by atoms with E-state index in [0.29, 0.717) is 24.3 Å². The number of rotatable bonds is 7. The fourth-order valence-electron chi connectivity index (χ4n) is 3.46. The zero-order chi connectivity index (χ0) is 17.6. The summed E-state index contributed by atoms with van der Waals surface area (Å²) in [6.07, 6.45) is 6.15. The molecule has 4 nitrogen and oxygen atoms in total. The molecule has 0 saturated carbocycles. The summed E-state index contributed by atoms with van der Waals surface area (Å²) in [7, 11) is 0. The van der Waals surface area contributed by atoms with E-state index in [-0.39, 0.29) is 0 Å². The van der Waals surface area contributed by atoms with Crippen LogP contribution in [0.25, 0.3) is 11.5 Å². The Morgan fingerprint density at radius 2 is 2.12 bits per heavy atom. The van der Waals surface area contributed by atoms with Gasteiger partial charge in [0.1, 0.15) is 12.0 Å². The van der Waals surface area contributed by atoms with Crippen LogP contribution in [0.5, 0.6) is 5.75 Å². The van der Waals surface area contributed by atoms with Crippen LogP contribution in [-0.4, -0.2) is 30.6 Å². The van der Waals surface area contributed by atoms with Gasteiger partial charge in [-0.3, -0.25) is 0 Å². The van der Waals surface area contributed by atoms with Gasteiger partial charge in [-0.2, -0.15) is 0 Å². The van der Waals surface area contributed by atoms with E-state index in [2.05, 4.69) is 31.3 Å². The lowest BCUT2D eigenvalue weighted by atomic mass is 9.95. The van der Waals surface area contributed by atoms with E-state index >= 15 is 0 Å². The number of nitrogens with one attached hydrogen (secondary N) is 1. The zero-order valence-electron chi connectivity index (χ0n) is 15.1. The van der Waals surface area contributed by atoms with Crippen LogP contribution < -0.4 is 10.1 Å². The molecule has 0 radical (unpaired) electrons. The van der Waals surface area contributed by atoms with Crippen molar-refractivity contribution in [1.82, 2.24) is 10.3 Å². The quantitative estimate of drug-likeness (QED) is 0.581. The number of ether oxygens (including phenoxy) is 1. The number of hydrogen-bond acceptors (Lipinski definition) is 4. The van der Waals surface area contributed by atoms with Crippen molar-refractivity contribution in [2.75, 3.05) is 25.6 Å². The van der Waals surface area contributed by atoms with Crippen molar-refractivity contribution < 1.29 is 9.15 Å². The van der Waals surface area contributed by atoms with Crippen molar-refractivity contribution in [2.24, 2.45) is 5.92 Å². The summed E-state index contributed by atoms with van der Waals surface area (Å²) in [6, 6.07) is 4.17. The van der Waals surface area contributed by atoms with Crippen molar-refractivity contribution in [1.29, 1.82) is 0 Å². The van der Waals surface area contributed by atoms with E-state index in [4.69, 9.17) is 25.7 Å². The third kappa shape index (κ3) is 4.77. The van der Waals surface area contributed by atoms with E-state index in [1.165, 1.54) is 12.8 Å². The fraction of sp³-hybridized carbons (Fsp3) is 0.550. The van der Waals surface area contributed by atoms with Gasteiger partial charge in [-0.1, -0.05) is 0 Å². The molecule has 1 unspecified atom stereocenters. The van der Waals surface area contributed by atoms with E-state index in [1.54, 1.807) is 6.26 Å². The van der Waals surface area contributed by atoms with Crippen molar-refractivity contribution in [3.63, 3.8) is 0 Å². The van der Waals surface area contributed by atoms with E-state index in [9.17, 15) is 0 Å². The maximum atomic E-state index is 5.86. The molecule has 2 heterocycles. The molecular formula is C20H27ClN2O2. The standard InChI is InChI=1S/C20H27ClN2O2/c1-14-9-17(10-15(2)19(14)24-8-4-6-21)20-23-18(13-25-20)11-16-5-3-7-22-12-16/h9-10,13,16,22H,3-8,11-12H2,1-2H3. The summed E-state index contributed by atoms with van der Waals surface area (Å²) < 4.78 is 11.6. The molecule has 1 saturated heterocycles. The van der Waals surface area contributed by atoms with Crippen molar-refractivity contribution in [3.05, 3.63) is 35.2 Å². The third-order valence-corrected chi connectivity index (χ3v) is 4.95. The molecule has 5 heteroatoms. The van der Waals surface area contributed by atoms with E-state index < -0.39 is 0 Å². The Balaban J connectivity index is 1.71. The van der Waals surface area contributed by atoms with Gasteiger partial charge in [0, 0.05) is 11.4 Å². The van der Waals surface area contributed by atoms with Crippen LogP contribution in [-0.2, 0) is 6.42 Å². The Bertz CT molecular complexity index is 670. The highest BCUT2D eigenvalue weighted by atomic mass is 35.5. The predicted octanol–water partition coefficient (Wildman–Crippen LogP) is 4.51. The second kappa shape index (κ2) is 8.72. The number of benzene rings is 1. The van der Waals surface area contributed by atoms with Crippen LogP contribution >= 0.6 is 11.6 Å². The van der Waals surface area contributed by atoms with E-state index in [1.807, 2.05) is 0 Å². The number of aromatic nitrogens is 1. The van der Waals surface area contributed by atoms with E-state index in [0.717, 1.165) is 54.1 Å². The lowest BCUT2D eigenvalue weighted by Crippen LogP contribution is -2.30. The molecule has 3 rings (SSSR count). The first kappa shape index (κ1) is 18.3. The van der Waals surface area contributed by atoms with Gasteiger partial charge in [-0.15, -0.1) is 11.6 Å². The van der Waals surface area contributed by atoms with Crippen LogP contribution in [0.1, 0.15) is 36.1 Å². The highest BCUT2D eigenvalue weighted by Crippen LogP contribution is 2.30. The Kier molecular flexibility index (Phi) is 6.38. The Labute approximate surface area is 154 Å². The fourth-order valence-corrected chi connectivity index (χ4v) is 3.57. The summed E-state index contributed by atoms with van der Waals surface area (Å²) in [5, 5.41) is 3.46. The van der Waals surface area contributed by atoms with Gasteiger partial charge in [-0.05, 0) is 81.8 Å². The second-order valence-corrected chi connectivity index (χ2v) is 7.27. The minimum absolute atomic E-state index is 0.617. The molecule has 0 aliphatic carbocycles. The number of piperidine rings is 1. The summed E-state index contributed by atoms with van der Waals surface area (Å²) in [6.45, 7) is 6.98. The molecule has 25 heavy (non-hydrogen) atoms. The van der Waals surface area contributed by atoms with Crippen molar-refractivity contribution in [2.45, 2.75) is 39.5 Å². The third-order valence-electron chi connectivity index (χ3n) is 4.68. The van der Waals surface area contributed by atoms with Crippen LogP contribution in [0.4, 0.5) is 0 Å². The van der Waals surface area contributed by atoms with Gasteiger partial charge < -0.3 is 14.5 Å². The van der Waals surface area contributed by atoms with Gasteiger partial charge >= 0.3 is 0 Å². The second-order valence-electron chi connectivity index (χ2n) is 6.89. The Morgan fingerprint density at radius 3 is 2.80 bits per heavy atom. The van der Waals surface area contributed by atoms with Crippen LogP contribution in [0.3, 0.4) is 0 Å². The number of halogens is 1. The molecule has 0 bridgehead atoms. The van der Waals surface area contributed by atoms with Crippen LogP contribution in [0.15, 0.2) is 22.8 Å². The molecule has 2 aromatic rings. The van der Waals surface area contributed by atoms with Crippen molar-refractivity contribution >= 4 is 11.6 Å². The molecule has 1 fully saturated rings. The predicted molar refractivity (Wildman–Crippen MR) is 102 cm³/mol.